The van der Waals surface area contributed by atoms with E-state index in [1.165, 1.54) is 12.1 Å². The lowest BCUT2D eigenvalue weighted by Crippen LogP contribution is -2.42. The van der Waals surface area contributed by atoms with Gasteiger partial charge >= 0.3 is 0 Å². The molecular formula is C18H22ClFN2O4. The molecule has 6 nitrogen and oxygen atoms in total. The van der Waals surface area contributed by atoms with E-state index in [4.69, 9.17) is 21.1 Å². The quantitative estimate of drug-likeness (QED) is 0.845. The summed E-state index contributed by atoms with van der Waals surface area (Å²) in [7, 11) is 0. The van der Waals surface area contributed by atoms with Gasteiger partial charge in [0.1, 0.15) is 5.82 Å². The molecule has 0 bridgehead atoms. The van der Waals surface area contributed by atoms with Crippen molar-refractivity contribution in [1.82, 2.24) is 10.2 Å². The number of piperidine rings is 1. The lowest BCUT2D eigenvalue weighted by atomic mass is 9.96. The number of carbonyl (C=O) groups is 2. The van der Waals surface area contributed by atoms with Crippen LogP contribution in [0.1, 0.15) is 29.6 Å². The first-order valence-corrected chi connectivity index (χ1v) is 9.16. The Morgan fingerprint density at radius 2 is 1.92 bits per heavy atom. The van der Waals surface area contributed by atoms with Gasteiger partial charge in [-0.25, -0.2) is 4.39 Å². The summed E-state index contributed by atoms with van der Waals surface area (Å²) in [5.74, 6) is -0.584. The zero-order valence-electron chi connectivity index (χ0n) is 14.4. The van der Waals surface area contributed by atoms with Gasteiger partial charge < -0.3 is 19.7 Å². The standard InChI is InChI=1S/C18H22ClFN2O4/c19-15-11-13(20)1-2-14(15)17(24)21-6-3-16(23)22-7-4-12(5-8-22)18-25-9-10-26-18/h1-2,11-12,18H,3-10H2,(H,21,24). The minimum Gasteiger partial charge on any atom is -0.351 e. The Hall–Kier alpha value is -1.70. The summed E-state index contributed by atoms with van der Waals surface area (Å²) in [6, 6.07) is 3.59. The summed E-state index contributed by atoms with van der Waals surface area (Å²) in [6.07, 6.45) is 1.79. The SMILES string of the molecule is O=C(NCCC(=O)N1CCC(C2OCCO2)CC1)c1ccc(F)cc1Cl. The zero-order chi connectivity index (χ0) is 18.5. The number of halogens is 2. The Morgan fingerprint density at radius 1 is 1.23 bits per heavy atom. The number of ether oxygens (including phenoxy) is 2. The molecule has 0 spiro atoms. The van der Waals surface area contributed by atoms with E-state index in [9.17, 15) is 14.0 Å². The number of benzene rings is 1. The Balaban J connectivity index is 1.39. The molecule has 2 heterocycles. The summed E-state index contributed by atoms with van der Waals surface area (Å²) < 4.78 is 24.1. The third-order valence-corrected chi connectivity index (χ3v) is 5.04. The Bertz CT molecular complexity index is 659. The van der Waals surface area contributed by atoms with Crippen molar-refractivity contribution in [3.63, 3.8) is 0 Å². The highest BCUT2D eigenvalue weighted by Gasteiger charge is 2.31. The van der Waals surface area contributed by atoms with Crippen LogP contribution in [-0.4, -0.2) is 55.9 Å². The predicted molar refractivity (Wildman–Crippen MR) is 93.4 cm³/mol. The molecule has 1 N–H and O–H groups in total. The fourth-order valence-electron chi connectivity index (χ4n) is 3.28. The third-order valence-electron chi connectivity index (χ3n) is 4.72. The molecule has 1 aromatic rings. The first kappa shape index (κ1) is 19.1. The van der Waals surface area contributed by atoms with Gasteiger partial charge in [-0.15, -0.1) is 0 Å². The molecule has 0 radical (unpaired) electrons. The van der Waals surface area contributed by atoms with Crippen LogP contribution in [0.2, 0.25) is 5.02 Å². The fourth-order valence-corrected chi connectivity index (χ4v) is 3.53. The minimum absolute atomic E-state index is 0.00205. The molecule has 0 aliphatic carbocycles. The normalized spacial score (nSPS) is 18.9. The first-order chi connectivity index (χ1) is 12.5. The topological polar surface area (TPSA) is 67.9 Å². The van der Waals surface area contributed by atoms with Gasteiger partial charge in [0.2, 0.25) is 5.91 Å². The van der Waals surface area contributed by atoms with E-state index in [0.717, 1.165) is 18.9 Å². The summed E-state index contributed by atoms with van der Waals surface area (Å²) in [4.78, 5) is 26.2. The van der Waals surface area contributed by atoms with Gasteiger partial charge in [-0.1, -0.05) is 11.6 Å². The first-order valence-electron chi connectivity index (χ1n) is 8.79. The number of hydrogen-bond acceptors (Lipinski definition) is 4. The van der Waals surface area contributed by atoms with Crippen molar-refractivity contribution in [2.24, 2.45) is 5.92 Å². The van der Waals surface area contributed by atoms with Crippen LogP contribution >= 0.6 is 11.6 Å². The molecule has 0 aromatic heterocycles. The molecule has 3 rings (SSSR count). The van der Waals surface area contributed by atoms with Gasteiger partial charge in [0.05, 0.1) is 23.8 Å². The largest absolute Gasteiger partial charge is 0.351 e. The highest BCUT2D eigenvalue weighted by molar-refractivity contribution is 6.33. The van der Waals surface area contributed by atoms with Gasteiger partial charge in [-0.05, 0) is 31.0 Å². The van der Waals surface area contributed by atoms with Crippen LogP contribution in [0.3, 0.4) is 0 Å². The monoisotopic (exact) mass is 384 g/mol. The lowest BCUT2D eigenvalue weighted by molar-refractivity contribution is -0.136. The number of nitrogens with zero attached hydrogens (tertiary/aromatic N) is 1. The van der Waals surface area contributed by atoms with Crippen molar-refractivity contribution >= 4 is 23.4 Å². The smallest absolute Gasteiger partial charge is 0.252 e. The van der Waals surface area contributed by atoms with Gasteiger partial charge in [0.25, 0.3) is 5.91 Å². The van der Waals surface area contributed by atoms with Gasteiger partial charge in [-0.3, -0.25) is 9.59 Å². The molecule has 142 valence electrons. The van der Waals surface area contributed by atoms with Crippen molar-refractivity contribution in [1.29, 1.82) is 0 Å². The average Bonchev–Trinajstić information content (AvgIpc) is 3.16. The van der Waals surface area contributed by atoms with E-state index in [-0.39, 0.29) is 35.7 Å². The van der Waals surface area contributed by atoms with Crippen molar-refractivity contribution < 1.29 is 23.5 Å². The molecule has 2 aliphatic rings. The second-order valence-corrected chi connectivity index (χ2v) is 6.87. The van der Waals surface area contributed by atoms with Gasteiger partial charge in [-0.2, -0.15) is 0 Å². The minimum atomic E-state index is -0.501. The van der Waals surface area contributed by atoms with Gasteiger partial charge in [0, 0.05) is 32.0 Å². The van der Waals surface area contributed by atoms with Crippen LogP contribution in [0.5, 0.6) is 0 Å². The maximum Gasteiger partial charge on any atom is 0.252 e. The Morgan fingerprint density at radius 3 is 2.58 bits per heavy atom. The van der Waals surface area contributed by atoms with Crippen LogP contribution in [0.4, 0.5) is 4.39 Å². The second kappa shape index (κ2) is 8.79. The number of amides is 2. The van der Waals surface area contributed by atoms with E-state index in [2.05, 4.69) is 5.32 Å². The second-order valence-electron chi connectivity index (χ2n) is 6.46. The van der Waals surface area contributed by atoms with Crippen molar-refractivity contribution in [2.75, 3.05) is 32.8 Å². The number of nitrogens with one attached hydrogen (secondary N) is 1. The molecule has 2 saturated heterocycles. The number of hydrogen-bond donors (Lipinski definition) is 1. The number of likely N-dealkylation sites (tertiary alicyclic amines) is 1. The zero-order valence-corrected chi connectivity index (χ0v) is 15.1. The van der Waals surface area contributed by atoms with Crippen molar-refractivity contribution in [3.05, 3.63) is 34.6 Å². The number of rotatable bonds is 5. The molecule has 8 heteroatoms. The highest BCUT2D eigenvalue weighted by atomic mass is 35.5. The number of carbonyl (C=O) groups excluding carboxylic acids is 2. The van der Waals surface area contributed by atoms with Crippen molar-refractivity contribution in [3.8, 4) is 0 Å². The Labute approximate surface area is 156 Å². The molecule has 2 fully saturated rings. The van der Waals surface area contributed by atoms with Gasteiger partial charge in [0.15, 0.2) is 6.29 Å². The third kappa shape index (κ3) is 4.72. The fraction of sp³-hybridized carbons (Fsp3) is 0.556. The van der Waals surface area contributed by atoms with E-state index >= 15 is 0 Å². The molecule has 1 aromatic carbocycles. The average molecular weight is 385 g/mol. The molecule has 26 heavy (non-hydrogen) atoms. The van der Waals surface area contributed by atoms with E-state index in [1.54, 1.807) is 0 Å². The molecule has 0 unspecified atom stereocenters. The highest BCUT2D eigenvalue weighted by Crippen LogP contribution is 2.26. The van der Waals surface area contributed by atoms with Crippen LogP contribution in [0, 0.1) is 11.7 Å². The Kier molecular flexibility index (Phi) is 6.45. The summed E-state index contributed by atoms with van der Waals surface area (Å²) in [5.41, 5.74) is 0.192. The van der Waals surface area contributed by atoms with E-state index in [1.807, 2.05) is 4.90 Å². The summed E-state index contributed by atoms with van der Waals surface area (Å²) in [5, 5.41) is 2.70. The van der Waals surface area contributed by atoms with E-state index < -0.39 is 11.7 Å². The summed E-state index contributed by atoms with van der Waals surface area (Å²) >= 11 is 5.86. The molecule has 2 amide bonds. The van der Waals surface area contributed by atoms with Crippen LogP contribution in [0.15, 0.2) is 18.2 Å². The maximum absolute atomic E-state index is 13.0. The van der Waals surface area contributed by atoms with Crippen LogP contribution in [0.25, 0.3) is 0 Å². The van der Waals surface area contributed by atoms with Crippen LogP contribution < -0.4 is 5.32 Å². The van der Waals surface area contributed by atoms with E-state index in [0.29, 0.717) is 32.2 Å². The maximum atomic E-state index is 13.0. The molecule has 0 saturated carbocycles. The predicted octanol–water partition coefficient (Wildman–Crippen LogP) is 2.21. The molecular weight excluding hydrogens is 363 g/mol. The lowest BCUT2D eigenvalue weighted by Gasteiger charge is -2.33. The summed E-state index contributed by atoms with van der Waals surface area (Å²) in [6.45, 7) is 2.83. The molecule has 0 atom stereocenters. The molecule has 2 aliphatic heterocycles. The van der Waals surface area contributed by atoms with Crippen LogP contribution in [-0.2, 0) is 14.3 Å². The van der Waals surface area contributed by atoms with Crippen molar-refractivity contribution in [2.45, 2.75) is 25.6 Å².